The highest BCUT2D eigenvalue weighted by atomic mass is 16.5. The Morgan fingerprint density at radius 3 is 1.96 bits per heavy atom. The smallest absolute Gasteiger partial charge is 0.339 e. The van der Waals surface area contributed by atoms with Crippen LogP contribution in [0.25, 0.3) is 0 Å². The maximum absolute atomic E-state index is 12.9. The summed E-state index contributed by atoms with van der Waals surface area (Å²) in [6, 6.07) is 25.1. The van der Waals surface area contributed by atoms with Gasteiger partial charge in [0.15, 0.2) is 6.10 Å². The van der Waals surface area contributed by atoms with Crippen molar-refractivity contribution in [2.75, 3.05) is 0 Å². The number of ether oxygens (including phenoxy) is 1. The number of carbonyl (C=O) groups is 2. The van der Waals surface area contributed by atoms with Crippen molar-refractivity contribution in [3.8, 4) is 0 Å². The molecule has 0 fully saturated rings. The lowest BCUT2D eigenvalue weighted by molar-refractivity contribution is 0.0279. The van der Waals surface area contributed by atoms with Crippen LogP contribution in [0.5, 0.6) is 0 Å². The van der Waals surface area contributed by atoms with Gasteiger partial charge >= 0.3 is 5.97 Å². The fraction of sp³-hybridized carbons (Fsp3) is 0.0909. The van der Waals surface area contributed by atoms with E-state index >= 15 is 0 Å². The number of Topliss-reactive ketones (excluding diaryl/α,β-unsaturated/α-hetero) is 1. The normalized spacial score (nSPS) is 11.6. The second kappa shape index (κ2) is 7.58. The summed E-state index contributed by atoms with van der Waals surface area (Å²) < 4.78 is 5.63. The maximum atomic E-state index is 12.9. The minimum absolute atomic E-state index is 0.242. The van der Waals surface area contributed by atoms with Gasteiger partial charge in [0.25, 0.3) is 0 Å². The first-order valence-electron chi connectivity index (χ1n) is 8.07. The van der Waals surface area contributed by atoms with E-state index in [2.05, 4.69) is 0 Å². The molecule has 0 saturated carbocycles. The van der Waals surface area contributed by atoms with Crippen molar-refractivity contribution in [2.24, 2.45) is 0 Å². The molecule has 3 heteroatoms. The summed E-state index contributed by atoms with van der Waals surface area (Å²) in [7, 11) is 0. The summed E-state index contributed by atoms with van der Waals surface area (Å²) in [5.74, 6) is -0.745. The number of benzene rings is 3. The molecule has 25 heavy (non-hydrogen) atoms. The van der Waals surface area contributed by atoms with E-state index in [4.69, 9.17) is 4.74 Å². The van der Waals surface area contributed by atoms with Crippen LogP contribution in [-0.2, 0) is 4.74 Å². The van der Waals surface area contributed by atoms with Gasteiger partial charge in [0.05, 0.1) is 5.56 Å². The van der Waals surface area contributed by atoms with Crippen molar-refractivity contribution >= 4 is 11.8 Å². The fourth-order valence-corrected chi connectivity index (χ4v) is 2.63. The highest BCUT2D eigenvalue weighted by molar-refractivity contribution is 6.02. The fourth-order valence-electron chi connectivity index (χ4n) is 2.63. The van der Waals surface area contributed by atoms with E-state index < -0.39 is 12.1 Å². The molecule has 3 aromatic rings. The molecule has 3 aromatic carbocycles. The quantitative estimate of drug-likeness (QED) is 0.500. The van der Waals surface area contributed by atoms with Crippen molar-refractivity contribution in [2.45, 2.75) is 13.0 Å². The molecule has 0 N–H and O–H groups in total. The third kappa shape index (κ3) is 3.83. The summed E-state index contributed by atoms with van der Waals surface area (Å²) in [5, 5.41) is 0. The van der Waals surface area contributed by atoms with E-state index in [9.17, 15) is 9.59 Å². The lowest BCUT2D eigenvalue weighted by Gasteiger charge is -2.18. The molecule has 124 valence electrons. The maximum Gasteiger partial charge on any atom is 0.339 e. The monoisotopic (exact) mass is 330 g/mol. The van der Waals surface area contributed by atoms with Gasteiger partial charge in [0, 0.05) is 11.1 Å². The number of hydrogen-bond donors (Lipinski definition) is 0. The molecule has 0 amide bonds. The van der Waals surface area contributed by atoms with Gasteiger partial charge in [-0.1, -0.05) is 78.9 Å². The first kappa shape index (κ1) is 16.7. The third-order valence-corrected chi connectivity index (χ3v) is 3.99. The van der Waals surface area contributed by atoms with Gasteiger partial charge in [-0.2, -0.15) is 0 Å². The van der Waals surface area contributed by atoms with Crippen LogP contribution in [0.4, 0.5) is 0 Å². The predicted octanol–water partition coefficient (Wildman–Crippen LogP) is 4.78. The number of carbonyl (C=O) groups excluding carboxylic acids is 2. The number of ketones is 1. The Labute approximate surface area is 146 Å². The summed E-state index contributed by atoms with van der Waals surface area (Å²) in [6.45, 7) is 1.84. The van der Waals surface area contributed by atoms with Gasteiger partial charge in [-0.05, 0) is 18.6 Å². The molecule has 0 aliphatic heterocycles. The molecule has 0 spiro atoms. The van der Waals surface area contributed by atoms with E-state index in [1.165, 1.54) is 0 Å². The van der Waals surface area contributed by atoms with E-state index in [0.29, 0.717) is 16.7 Å². The lowest BCUT2D eigenvalue weighted by atomic mass is 9.99. The molecule has 0 aliphatic carbocycles. The van der Waals surface area contributed by atoms with Crippen molar-refractivity contribution in [1.82, 2.24) is 0 Å². The molecule has 0 aliphatic rings. The number of esters is 1. The van der Waals surface area contributed by atoms with Crippen LogP contribution in [0, 0.1) is 6.92 Å². The topological polar surface area (TPSA) is 43.4 Å². The molecule has 0 radical (unpaired) electrons. The van der Waals surface area contributed by atoms with Crippen LogP contribution < -0.4 is 0 Å². The zero-order valence-electron chi connectivity index (χ0n) is 13.9. The molecular formula is C22H18O3. The van der Waals surface area contributed by atoms with Crippen molar-refractivity contribution in [1.29, 1.82) is 0 Å². The Morgan fingerprint density at radius 2 is 1.32 bits per heavy atom. The van der Waals surface area contributed by atoms with Crippen LogP contribution in [0.2, 0.25) is 0 Å². The zero-order chi connectivity index (χ0) is 17.6. The minimum atomic E-state index is -0.976. The predicted molar refractivity (Wildman–Crippen MR) is 96.6 cm³/mol. The van der Waals surface area contributed by atoms with Crippen molar-refractivity contribution in [3.63, 3.8) is 0 Å². The first-order chi connectivity index (χ1) is 12.2. The second-order valence-corrected chi connectivity index (χ2v) is 5.74. The highest BCUT2D eigenvalue weighted by Crippen LogP contribution is 2.24. The SMILES string of the molecule is Cc1ccccc1C(=O)OC(C(=O)c1ccccc1)c1ccccc1. The zero-order valence-corrected chi connectivity index (χ0v) is 13.9. The summed E-state index contributed by atoms with van der Waals surface area (Å²) in [6.07, 6.45) is -0.976. The Hall–Kier alpha value is -3.20. The Kier molecular flexibility index (Phi) is 5.05. The van der Waals surface area contributed by atoms with Crippen LogP contribution in [0.1, 0.15) is 37.9 Å². The average Bonchev–Trinajstić information content (AvgIpc) is 2.67. The van der Waals surface area contributed by atoms with Gasteiger partial charge in [-0.15, -0.1) is 0 Å². The number of hydrogen-bond acceptors (Lipinski definition) is 3. The van der Waals surface area contributed by atoms with E-state index in [0.717, 1.165) is 5.56 Å². The highest BCUT2D eigenvalue weighted by Gasteiger charge is 2.27. The molecule has 0 heterocycles. The molecule has 3 nitrogen and oxygen atoms in total. The molecular weight excluding hydrogens is 312 g/mol. The molecule has 3 rings (SSSR count). The molecule has 0 saturated heterocycles. The summed E-state index contributed by atoms with van der Waals surface area (Å²) >= 11 is 0. The standard InChI is InChI=1S/C22H18O3/c1-16-10-8-9-15-19(16)22(24)25-21(18-13-6-3-7-14-18)20(23)17-11-4-2-5-12-17/h2-15,21H,1H3. The second-order valence-electron chi connectivity index (χ2n) is 5.74. The van der Waals surface area contributed by atoms with Crippen LogP contribution >= 0.6 is 0 Å². The van der Waals surface area contributed by atoms with Crippen LogP contribution in [-0.4, -0.2) is 11.8 Å². The molecule has 1 atom stereocenters. The van der Waals surface area contributed by atoms with Crippen molar-refractivity contribution in [3.05, 3.63) is 107 Å². The van der Waals surface area contributed by atoms with E-state index in [-0.39, 0.29) is 5.78 Å². The van der Waals surface area contributed by atoms with Crippen molar-refractivity contribution < 1.29 is 14.3 Å². The van der Waals surface area contributed by atoms with Gasteiger partial charge < -0.3 is 4.74 Å². The van der Waals surface area contributed by atoms with Gasteiger partial charge in [-0.3, -0.25) is 4.79 Å². The summed E-state index contributed by atoms with van der Waals surface area (Å²) in [4.78, 5) is 25.5. The van der Waals surface area contributed by atoms with E-state index in [1.54, 1.807) is 48.5 Å². The Balaban J connectivity index is 1.94. The Morgan fingerprint density at radius 1 is 0.760 bits per heavy atom. The Bertz CT molecular complexity index is 870. The molecule has 0 aromatic heterocycles. The van der Waals surface area contributed by atoms with E-state index in [1.807, 2.05) is 43.3 Å². The third-order valence-electron chi connectivity index (χ3n) is 3.99. The largest absolute Gasteiger partial charge is 0.445 e. The number of rotatable bonds is 5. The van der Waals surface area contributed by atoms with Crippen LogP contribution in [0.15, 0.2) is 84.9 Å². The van der Waals surface area contributed by atoms with Gasteiger partial charge in [-0.25, -0.2) is 4.79 Å². The lowest BCUT2D eigenvalue weighted by Crippen LogP contribution is -2.20. The molecule has 0 bridgehead atoms. The van der Waals surface area contributed by atoms with Gasteiger partial charge in [0.1, 0.15) is 0 Å². The number of aryl methyl sites for hydroxylation is 1. The average molecular weight is 330 g/mol. The first-order valence-corrected chi connectivity index (χ1v) is 8.07. The van der Waals surface area contributed by atoms with Gasteiger partial charge in [0.2, 0.25) is 5.78 Å². The summed E-state index contributed by atoms with van der Waals surface area (Å²) in [5.41, 5.74) is 2.43. The van der Waals surface area contributed by atoms with Crippen LogP contribution in [0.3, 0.4) is 0 Å². The molecule has 1 unspecified atom stereocenters. The minimum Gasteiger partial charge on any atom is -0.445 e.